The Balaban J connectivity index is 2.69. The minimum Gasteiger partial charge on any atom is -0.422 e. The summed E-state index contributed by atoms with van der Waals surface area (Å²) in [5, 5.41) is 0. The minimum atomic E-state index is -0.0832. The largest absolute Gasteiger partial charge is 0.422 e. The van der Waals surface area contributed by atoms with Crippen molar-refractivity contribution in [2.45, 2.75) is 26.2 Å². The van der Waals surface area contributed by atoms with Crippen molar-refractivity contribution in [2.24, 2.45) is 0 Å². The molecular formula is C10H11BrN2O. The molecule has 74 valence electrons. The van der Waals surface area contributed by atoms with Gasteiger partial charge < -0.3 is 4.42 Å². The van der Waals surface area contributed by atoms with Crippen LogP contribution >= 0.6 is 15.9 Å². The maximum absolute atomic E-state index is 5.56. The molecule has 4 heteroatoms. The van der Waals surface area contributed by atoms with Crippen LogP contribution in [0.25, 0.3) is 11.2 Å². The van der Waals surface area contributed by atoms with Gasteiger partial charge in [0.25, 0.3) is 0 Å². The summed E-state index contributed by atoms with van der Waals surface area (Å²) < 4.78 is 6.48. The molecule has 2 aromatic heterocycles. The van der Waals surface area contributed by atoms with E-state index in [2.05, 4.69) is 46.7 Å². The van der Waals surface area contributed by atoms with Crippen molar-refractivity contribution in [2.75, 3.05) is 0 Å². The van der Waals surface area contributed by atoms with Crippen molar-refractivity contribution in [3.05, 3.63) is 22.6 Å². The van der Waals surface area contributed by atoms with Gasteiger partial charge >= 0.3 is 0 Å². The highest BCUT2D eigenvalue weighted by atomic mass is 79.9. The molecule has 0 spiro atoms. The van der Waals surface area contributed by atoms with Gasteiger partial charge in [0, 0.05) is 11.6 Å². The SMILES string of the molecule is CC(C)(C)c1nc2c(Br)ccnc2o1. The summed E-state index contributed by atoms with van der Waals surface area (Å²) in [5.41, 5.74) is 1.29. The first kappa shape index (κ1) is 9.65. The third-order valence-corrected chi connectivity index (χ3v) is 2.53. The van der Waals surface area contributed by atoms with Crippen LogP contribution in [0.4, 0.5) is 0 Å². The summed E-state index contributed by atoms with van der Waals surface area (Å²) in [6.07, 6.45) is 1.70. The van der Waals surface area contributed by atoms with Crippen LogP contribution in [-0.2, 0) is 5.41 Å². The molecule has 0 radical (unpaired) electrons. The van der Waals surface area contributed by atoms with Crippen molar-refractivity contribution in [3.63, 3.8) is 0 Å². The average molecular weight is 255 g/mol. The van der Waals surface area contributed by atoms with Gasteiger partial charge in [-0.25, -0.2) is 9.97 Å². The van der Waals surface area contributed by atoms with Crippen LogP contribution in [0.15, 0.2) is 21.2 Å². The Morgan fingerprint density at radius 2 is 2.07 bits per heavy atom. The number of fused-ring (bicyclic) bond motifs is 1. The fourth-order valence-corrected chi connectivity index (χ4v) is 1.50. The molecule has 0 aliphatic heterocycles. The second kappa shape index (κ2) is 3.05. The molecule has 2 aromatic rings. The zero-order valence-corrected chi connectivity index (χ0v) is 9.92. The highest BCUT2D eigenvalue weighted by molar-refractivity contribution is 9.10. The predicted molar refractivity (Wildman–Crippen MR) is 58.2 cm³/mol. The van der Waals surface area contributed by atoms with Gasteiger partial charge in [-0.05, 0) is 22.0 Å². The first-order valence-electron chi connectivity index (χ1n) is 4.40. The first-order chi connectivity index (χ1) is 6.48. The summed E-state index contributed by atoms with van der Waals surface area (Å²) in [6.45, 7) is 6.18. The quantitative estimate of drug-likeness (QED) is 0.725. The Bertz CT molecular complexity index is 470. The highest BCUT2D eigenvalue weighted by Gasteiger charge is 2.21. The minimum absolute atomic E-state index is 0.0832. The van der Waals surface area contributed by atoms with E-state index in [-0.39, 0.29) is 5.41 Å². The Morgan fingerprint density at radius 1 is 1.36 bits per heavy atom. The van der Waals surface area contributed by atoms with Crippen LogP contribution in [-0.4, -0.2) is 9.97 Å². The lowest BCUT2D eigenvalue weighted by molar-refractivity contribution is 0.407. The van der Waals surface area contributed by atoms with Crippen LogP contribution in [0, 0.1) is 0 Å². The molecule has 0 saturated carbocycles. The third-order valence-electron chi connectivity index (χ3n) is 1.89. The summed E-state index contributed by atoms with van der Waals surface area (Å²) >= 11 is 3.41. The summed E-state index contributed by atoms with van der Waals surface area (Å²) in [5.74, 6) is 0.715. The van der Waals surface area contributed by atoms with Gasteiger partial charge in [-0.15, -0.1) is 0 Å². The molecule has 0 amide bonds. The molecule has 2 rings (SSSR count). The number of halogens is 1. The van der Waals surface area contributed by atoms with Gasteiger partial charge in [-0.3, -0.25) is 0 Å². The number of hydrogen-bond donors (Lipinski definition) is 0. The van der Waals surface area contributed by atoms with Crippen LogP contribution in [0.1, 0.15) is 26.7 Å². The molecule has 3 nitrogen and oxygen atoms in total. The van der Waals surface area contributed by atoms with Crippen LogP contribution in [0.5, 0.6) is 0 Å². The maximum Gasteiger partial charge on any atom is 0.248 e. The number of oxazole rings is 1. The number of rotatable bonds is 0. The average Bonchev–Trinajstić information content (AvgIpc) is 2.48. The molecule has 0 unspecified atom stereocenters. The van der Waals surface area contributed by atoms with Gasteiger partial charge in [0.1, 0.15) is 5.52 Å². The fourth-order valence-electron chi connectivity index (χ4n) is 1.13. The smallest absolute Gasteiger partial charge is 0.248 e. The van der Waals surface area contributed by atoms with Crippen molar-refractivity contribution in [3.8, 4) is 0 Å². The van der Waals surface area contributed by atoms with E-state index in [0.29, 0.717) is 11.6 Å². The van der Waals surface area contributed by atoms with Gasteiger partial charge in [0.15, 0.2) is 0 Å². The van der Waals surface area contributed by atoms with Gasteiger partial charge in [-0.1, -0.05) is 20.8 Å². The van der Waals surface area contributed by atoms with Gasteiger partial charge in [0.05, 0.1) is 4.47 Å². The zero-order chi connectivity index (χ0) is 10.3. The molecule has 0 aliphatic carbocycles. The monoisotopic (exact) mass is 254 g/mol. The van der Waals surface area contributed by atoms with Crippen molar-refractivity contribution in [1.29, 1.82) is 0 Å². The molecule has 2 heterocycles. The van der Waals surface area contributed by atoms with E-state index < -0.39 is 0 Å². The fraction of sp³-hybridized carbons (Fsp3) is 0.400. The van der Waals surface area contributed by atoms with Crippen molar-refractivity contribution in [1.82, 2.24) is 9.97 Å². The second-order valence-electron chi connectivity index (χ2n) is 4.22. The van der Waals surface area contributed by atoms with E-state index in [1.165, 1.54) is 0 Å². The second-order valence-corrected chi connectivity index (χ2v) is 5.07. The topological polar surface area (TPSA) is 38.9 Å². The van der Waals surface area contributed by atoms with Crippen LogP contribution in [0.2, 0.25) is 0 Å². The maximum atomic E-state index is 5.56. The Labute approximate surface area is 90.7 Å². The van der Waals surface area contributed by atoms with E-state index in [1.54, 1.807) is 6.20 Å². The standard InChI is InChI=1S/C10H11BrN2O/c1-10(2,3)9-13-7-6(11)4-5-12-8(7)14-9/h4-5H,1-3H3. The van der Waals surface area contributed by atoms with E-state index >= 15 is 0 Å². The lowest BCUT2D eigenvalue weighted by atomic mass is 9.97. The Hall–Kier alpha value is -0.900. The molecule has 0 atom stereocenters. The van der Waals surface area contributed by atoms with E-state index in [9.17, 15) is 0 Å². The molecular weight excluding hydrogens is 244 g/mol. The molecule has 0 fully saturated rings. The molecule has 0 N–H and O–H groups in total. The molecule has 0 saturated heterocycles. The van der Waals surface area contributed by atoms with E-state index in [0.717, 1.165) is 9.99 Å². The Morgan fingerprint density at radius 3 is 2.64 bits per heavy atom. The molecule has 0 bridgehead atoms. The first-order valence-corrected chi connectivity index (χ1v) is 5.19. The lowest BCUT2D eigenvalue weighted by Crippen LogP contribution is -2.10. The lowest BCUT2D eigenvalue weighted by Gasteiger charge is -2.11. The Kier molecular flexibility index (Phi) is 2.10. The van der Waals surface area contributed by atoms with Gasteiger partial charge in [-0.2, -0.15) is 0 Å². The number of hydrogen-bond acceptors (Lipinski definition) is 3. The number of aromatic nitrogens is 2. The van der Waals surface area contributed by atoms with E-state index in [4.69, 9.17) is 4.42 Å². The zero-order valence-electron chi connectivity index (χ0n) is 8.34. The third kappa shape index (κ3) is 1.54. The van der Waals surface area contributed by atoms with Crippen LogP contribution in [0.3, 0.4) is 0 Å². The molecule has 0 aromatic carbocycles. The summed E-state index contributed by atoms with van der Waals surface area (Å²) in [6, 6.07) is 1.86. The van der Waals surface area contributed by atoms with Crippen molar-refractivity contribution >= 4 is 27.2 Å². The molecule has 14 heavy (non-hydrogen) atoms. The molecule has 0 aliphatic rings. The normalized spacial score (nSPS) is 12.3. The number of nitrogens with zero attached hydrogens (tertiary/aromatic N) is 2. The summed E-state index contributed by atoms with van der Waals surface area (Å²) in [7, 11) is 0. The summed E-state index contributed by atoms with van der Waals surface area (Å²) in [4.78, 5) is 8.52. The predicted octanol–water partition coefficient (Wildman–Crippen LogP) is 3.28. The van der Waals surface area contributed by atoms with Crippen molar-refractivity contribution < 1.29 is 4.42 Å². The van der Waals surface area contributed by atoms with Crippen LogP contribution < -0.4 is 0 Å². The van der Waals surface area contributed by atoms with Gasteiger partial charge in [0.2, 0.25) is 11.6 Å². The highest BCUT2D eigenvalue weighted by Crippen LogP contribution is 2.28. The van der Waals surface area contributed by atoms with E-state index in [1.807, 2.05) is 6.07 Å². The number of pyridine rings is 1.